The third-order valence-electron chi connectivity index (χ3n) is 3.42. The Balaban J connectivity index is 2.14. The van der Waals surface area contributed by atoms with Crippen molar-refractivity contribution in [3.8, 4) is 0 Å². The van der Waals surface area contributed by atoms with Crippen molar-refractivity contribution in [1.82, 2.24) is 9.80 Å². The first-order valence-corrected chi connectivity index (χ1v) is 7.32. The van der Waals surface area contributed by atoms with Crippen molar-refractivity contribution in [3.63, 3.8) is 0 Å². The molecule has 1 rings (SSSR count). The number of hydrogen-bond donors (Lipinski definition) is 0. The van der Waals surface area contributed by atoms with Crippen LogP contribution in [0.15, 0.2) is 0 Å². The summed E-state index contributed by atoms with van der Waals surface area (Å²) >= 11 is 0. The highest BCUT2D eigenvalue weighted by Crippen LogP contribution is 2.03. The molecule has 0 aromatic heterocycles. The summed E-state index contributed by atoms with van der Waals surface area (Å²) in [5, 5.41) is 0. The molecule has 0 aliphatic carbocycles. The number of esters is 1. The average Bonchev–Trinajstić information content (AvgIpc) is 2.47. The van der Waals surface area contributed by atoms with Gasteiger partial charge in [-0.2, -0.15) is 0 Å². The molecule has 1 aliphatic heterocycles. The van der Waals surface area contributed by atoms with Gasteiger partial charge in [0.15, 0.2) is 0 Å². The first-order chi connectivity index (χ1) is 9.67. The first-order valence-electron chi connectivity index (χ1n) is 7.32. The Morgan fingerprint density at radius 1 is 1.10 bits per heavy atom. The normalized spacial score (nSPS) is 16.2. The van der Waals surface area contributed by atoms with Crippen LogP contribution in [0.1, 0.15) is 26.2 Å². The fourth-order valence-corrected chi connectivity index (χ4v) is 2.11. The van der Waals surface area contributed by atoms with Gasteiger partial charge in [0.1, 0.15) is 6.61 Å². The van der Waals surface area contributed by atoms with Gasteiger partial charge in [-0.1, -0.05) is 19.8 Å². The zero-order valence-electron chi connectivity index (χ0n) is 12.6. The molecule has 0 aromatic carbocycles. The molecule has 1 fully saturated rings. The van der Waals surface area contributed by atoms with Crippen LogP contribution >= 0.6 is 0 Å². The summed E-state index contributed by atoms with van der Waals surface area (Å²) in [5.41, 5.74) is 0. The van der Waals surface area contributed by atoms with Crippen LogP contribution in [0.5, 0.6) is 0 Å². The molecule has 1 saturated heterocycles. The molecule has 0 aromatic rings. The number of methoxy groups -OCH3 is 1. The fraction of sp³-hybridized carbons (Fsp3) is 0.857. The number of unbranched alkanes of at least 4 members (excludes halogenated alkanes) is 2. The van der Waals surface area contributed by atoms with Gasteiger partial charge in [0.05, 0.1) is 13.7 Å². The summed E-state index contributed by atoms with van der Waals surface area (Å²) in [5.74, 6) is -0.191. The van der Waals surface area contributed by atoms with Gasteiger partial charge in [-0.15, -0.1) is 0 Å². The van der Waals surface area contributed by atoms with E-state index in [0.29, 0.717) is 39.3 Å². The zero-order valence-corrected chi connectivity index (χ0v) is 12.6. The Morgan fingerprint density at radius 2 is 1.80 bits per heavy atom. The van der Waals surface area contributed by atoms with Crippen LogP contribution in [0.4, 0.5) is 0 Å². The molecule has 20 heavy (non-hydrogen) atoms. The van der Waals surface area contributed by atoms with Crippen LogP contribution < -0.4 is 0 Å². The van der Waals surface area contributed by atoms with Crippen LogP contribution in [0.3, 0.4) is 0 Å². The summed E-state index contributed by atoms with van der Waals surface area (Å²) in [6.07, 6.45) is 3.30. The second-order valence-electron chi connectivity index (χ2n) is 4.99. The third kappa shape index (κ3) is 6.34. The minimum atomic E-state index is -0.232. The third-order valence-corrected chi connectivity index (χ3v) is 3.42. The Hall–Kier alpha value is -1.14. The van der Waals surface area contributed by atoms with Crippen molar-refractivity contribution in [2.45, 2.75) is 26.2 Å². The van der Waals surface area contributed by atoms with Crippen LogP contribution in [0.2, 0.25) is 0 Å². The fourth-order valence-electron chi connectivity index (χ4n) is 2.11. The lowest BCUT2D eigenvalue weighted by Crippen LogP contribution is -2.50. The van der Waals surface area contributed by atoms with Crippen molar-refractivity contribution < 1.29 is 19.1 Å². The van der Waals surface area contributed by atoms with E-state index in [1.807, 2.05) is 4.90 Å². The molecule has 0 saturated carbocycles. The van der Waals surface area contributed by atoms with Crippen molar-refractivity contribution in [2.24, 2.45) is 0 Å². The van der Waals surface area contributed by atoms with Gasteiger partial charge in [0.2, 0.25) is 5.91 Å². The first kappa shape index (κ1) is 16.9. The SMILES string of the molecule is CCCCCOCC(=O)N1CCN(CC(=O)OC)CC1. The van der Waals surface area contributed by atoms with Crippen LogP contribution in [-0.4, -0.2) is 74.7 Å². The lowest BCUT2D eigenvalue weighted by molar-refractivity contribution is -0.143. The van der Waals surface area contributed by atoms with Gasteiger partial charge in [-0.3, -0.25) is 14.5 Å². The summed E-state index contributed by atoms with van der Waals surface area (Å²) in [6, 6.07) is 0. The smallest absolute Gasteiger partial charge is 0.319 e. The quantitative estimate of drug-likeness (QED) is 0.481. The number of hydrogen-bond acceptors (Lipinski definition) is 5. The molecule has 6 heteroatoms. The van der Waals surface area contributed by atoms with Gasteiger partial charge in [-0.05, 0) is 6.42 Å². The molecule has 0 bridgehead atoms. The Morgan fingerprint density at radius 3 is 2.40 bits per heavy atom. The second-order valence-corrected chi connectivity index (χ2v) is 4.99. The molecule has 1 amide bonds. The molecule has 0 atom stereocenters. The highest BCUT2D eigenvalue weighted by atomic mass is 16.5. The topological polar surface area (TPSA) is 59.1 Å². The maximum Gasteiger partial charge on any atom is 0.319 e. The molecule has 1 heterocycles. The van der Waals surface area contributed by atoms with E-state index in [1.165, 1.54) is 7.11 Å². The maximum absolute atomic E-state index is 11.9. The summed E-state index contributed by atoms with van der Waals surface area (Å²) in [4.78, 5) is 26.9. The van der Waals surface area contributed by atoms with E-state index < -0.39 is 0 Å². The largest absolute Gasteiger partial charge is 0.468 e. The maximum atomic E-state index is 11.9. The zero-order chi connectivity index (χ0) is 14.8. The number of piperazine rings is 1. The molecule has 0 unspecified atom stereocenters. The molecule has 0 radical (unpaired) electrons. The molecule has 1 aliphatic rings. The van der Waals surface area contributed by atoms with E-state index in [2.05, 4.69) is 11.7 Å². The summed E-state index contributed by atoms with van der Waals surface area (Å²) in [7, 11) is 1.39. The molecular formula is C14H26N2O4. The number of carbonyl (C=O) groups excluding carboxylic acids is 2. The van der Waals surface area contributed by atoms with Crippen molar-refractivity contribution in [2.75, 3.05) is 53.0 Å². The standard InChI is InChI=1S/C14H26N2O4/c1-3-4-5-10-20-12-13(17)16-8-6-15(7-9-16)11-14(18)19-2/h3-12H2,1-2H3. The van der Waals surface area contributed by atoms with Crippen molar-refractivity contribution in [3.05, 3.63) is 0 Å². The summed E-state index contributed by atoms with van der Waals surface area (Å²) in [6.45, 7) is 5.96. The number of rotatable bonds is 8. The molecule has 0 spiro atoms. The highest BCUT2D eigenvalue weighted by Gasteiger charge is 2.22. The highest BCUT2D eigenvalue weighted by molar-refractivity contribution is 5.77. The second kappa shape index (κ2) is 9.72. The van der Waals surface area contributed by atoms with Crippen molar-refractivity contribution in [1.29, 1.82) is 0 Å². The van der Waals surface area contributed by atoms with Crippen molar-refractivity contribution >= 4 is 11.9 Å². The number of nitrogens with zero attached hydrogens (tertiary/aromatic N) is 2. The molecule has 0 N–H and O–H groups in total. The Kier molecular flexibility index (Phi) is 8.22. The number of ether oxygens (including phenoxy) is 2. The minimum absolute atomic E-state index is 0.0409. The van der Waals surface area contributed by atoms with E-state index in [1.54, 1.807) is 4.90 Å². The molecule has 6 nitrogen and oxygen atoms in total. The monoisotopic (exact) mass is 286 g/mol. The van der Waals surface area contributed by atoms with Gasteiger partial charge < -0.3 is 14.4 Å². The predicted molar refractivity (Wildman–Crippen MR) is 75.4 cm³/mol. The molecular weight excluding hydrogens is 260 g/mol. The number of amides is 1. The van der Waals surface area contributed by atoms with Crippen LogP contribution in [-0.2, 0) is 19.1 Å². The van der Waals surface area contributed by atoms with Gasteiger partial charge in [0.25, 0.3) is 0 Å². The van der Waals surface area contributed by atoms with Gasteiger partial charge in [-0.25, -0.2) is 0 Å². The van der Waals surface area contributed by atoms with Gasteiger partial charge in [0, 0.05) is 32.8 Å². The lowest BCUT2D eigenvalue weighted by Gasteiger charge is -2.33. The van der Waals surface area contributed by atoms with E-state index in [4.69, 9.17) is 4.74 Å². The predicted octanol–water partition coefficient (Wildman–Crippen LogP) is 0.510. The van der Waals surface area contributed by atoms with E-state index in [9.17, 15) is 9.59 Å². The van der Waals surface area contributed by atoms with E-state index in [0.717, 1.165) is 19.3 Å². The Labute approximate surface area is 121 Å². The summed E-state index contributed by atoms with van der Waals surface area (Å²) < 4.78 is 10.0. The minimum Gasteiger partial charge on any atom is -0.468 e. The number of carbonyl (C=O) groups is 2. The van der Waals surface area contributed by atoms with E-state index in [-0.39, 0.29) is 18.5 Å². The lowest BCUT2D eigenvalue weighted by atomic mass is 10.3. The van der Waals surface area contributed by atoms with Crippen LogP contribution in [0, 0.1) is 0 Å². The Bertz CT molecular complexity index is 302. The van der Waals surface area contributed by atoms with E-state index >= 15 is 0 Å². The average molecular weight is 286 g/mol. The van der Waals surface area contributed by atoms with Gasteiger partial charge >= 0.3 is 5.97 Å². The van der Waals surface area contributed by atoms with Crippen LogP contribution in [0.25, 0.3) is 0 Å². The molecule has 116 valence electrons.